The summed E-state index contributed by atoms with van der Waals surface area (Å²) in [6.07, 6.45) is 3.20. The van der Waals surface area contributed by atoms with E-state index in [9.17, 15) is 4.79 Å². The third kappa shape index (κ3) is 2.38. The third-order valence-electron chi connectivity index (χ3n) is 2.93. The van der Waals surface area contributed by atoms with E-state index in [1.54, 1.807) is 18.6 Å². The van der Waals surface area contributed by atoms with Gasteiger partial charge >= 0.3 is 0 Å². The molecule has 4 heteroatoms. The molecule has 0 saturated carbocycles. The van der Waals surface area contributed by atoms with Crippen LogP contribution in [-0.4, -0.2) is 5.91 Å². The van der Waals surface area contributed by atoms with Crippen LogP contribution in [-0.2, 0) is 6.54 Å². The van der Waals surface area contributed by atoms with Crippen LogP contribution >= 0.6 is 0 Å². The van der Waals surface area contributed by atoms with E-state index < -0.39 is 0 Å². The molecule has 1 amide bonds. The maximum Gasteiger partial charge on any atom is 0.251 e. The Labute approximate surface area is 110 Å². The van der Waals surface area contributed by atoms with E-state index in [4.69, 9.17) is 8.83 Å². The highest BCUT2D eigenvalue weighted by molar-refractivity contribution is 5.97. The topological polar surface area (TPSA) is 55.4 Å². The van der Waals surface area contributed by atoms with Crippen molar-refractivity contribution in [1.29, 1.82) is 0 Å². The van der Waals surface area contributed by atoms with Crippen LogP contribution in [0, 0.1) is 6.92 Å². The molecule has 0 atom stereocenters. The number of carbonyl (C=O) groups is 1. The van der Waals surface area contributed by atoms with Crippen LogP contribution in [0.15, 0.2) is 51.7 Å². The molecule has 1 N–H and O–H groups in total. The van der Waals surface area contributed by atoms with E-state index in [1.807, 2.05) is 31.2 Å². The van der Waals surface area contributed by atoms with Gasteiger partial charge in [-0.2, -0.15) is 0 Å². The molecule has 0 unspecified atom stereocenters. The van der Waals surface area contributed by atoms with Crippen molar-refractivity contribution < 1.29 is 13.6 Å². The Morgan fingerprint density at radius 2 is 2.16 bits per heavy atom. The smallest absolute Gasteiger partial charge is 0.251 e. The number of hydrogen-bond donors (Lipinski definition) is 1. The van der Waals surface area contributed by atoms with E-state index in [0.717, 1.165) is 22.3 Å². The Kier molecular flexibility index (Phi) is 2.83. The standard InChI is InChI=1S/C15H13NO3/c1-10-6-13-7-12(2-3-14(13)19-10)15(17)16-8-11-4-5-18-9-11/h2-7,9H,8H2,1H3,(H,16,17). The molecule has 1 aromatic carbocycles. The van der Waals surface area contributed by atoms with Gasteiger partial charge in [0, 0.05) is 23.1 Å². The summed E-state index contributed by atoms with van der Waals surface area (Å²) >= 11 is 0. The zero-order valence-electron chi connectivity index (χ0n) is 10.5. The lowest BCUT2D eigenvalue weighted by Crippen LogP contribution is -2.22. The Morgan fingerprint density at radius 3 is 2.95 bits per heavy atom. The molecule has 0 spiro atoms. The van der Waals surface area contributed by atoms with Crippen LogP contribution in [0.25, 0.3) is 11.0 Å². The molecule has 0 bridgehead atoms. The normalized spacial score (nSPS) is 10.8. The molecular weight excluding hydrogens is 242 g/mol. The van der Waals surface area contributed by atoms with E-state index in [2.05, 4.69) is 5.32 Å². The van der Waals surface area contributed by atoms with Crippen molar-refractivity contribution >= 4 is 16.9 Å². The number of rotatable bonds is 3. The molecule has 2 heterocycles. The molecule has 3 aromatic rings. The number of amides is 1. The zero-order chi connectivity index (χ0) is 13.2. The predicted molar refractivity (Wildman–Crippen MR) is 70.8 cm³/mol. The van der Waals surface area contributed by atoms with Crippen molar-refractivity contribution in [2.75, 3.05) is 0 Å². The molecule has 0 saturated heterocycles. The summed E-state index contributed by atoms with van der Waals surface area (Å²) in [5.74, 6) is 0.730. The first-order chi connectivity index (χ1) is 9.22. The number of nitrogens with one attached hydrogen (secondary N) is 1. The average molecular weight is 255 g/mol. The number of hydrogen-bond acceptors (Lipinski definition) is 3. The van der Waals surface area contributed by atoms with Crippen molar-refractivity contribution in [3.05, 3.63) is 59.7 Å². The second-order valence-electron chi connectivity index (χ2n) is 4.42. The maximum absolute atomic E-state index is 12.0. The van der Waals surface area contributed by atoms with Crippen LogP contribution in [0.1, 0.15) is 21.7 Å². The van der Waals surface area contributed by atoms with Gasteiger partial charge in [0.25, 0.3) is 5.91 Å². The van der Waals surface area contributed by atoms with Crippen LogP contribution in [0.3, 0.4) is 0 Å². The summed E-state index contributed by atoms with van der Waals surface area (Å²) in [5, 5.41) is 3.78. The lowest BCUT2D eigenvalue weighted by atomic mass is 10.1. The van der Waals surface area contributed by atoms with Gasteiger partial charge in [-0.1, -0.05) is 0 Å². The fraction of sp³-hybridized carbons (Fsp3) is 0.133. The minimum Gasteiger partial charge on any atom is -0.472 e. The summed E-state index contributed by atoms with van der Waals surface area (Å²) < 4.78 is 10.4. The van der Waals surface area contributed by atoms with Crippen LogP contribution in [0.4, 0.5) is 0 Å². The number of benzene rings is 1. The van der Waals surface area contributed by atoms with E-state index in [1.165, 1.54) is 0 Å². The van der Waals surface area contributed by atoms with Crippen LogP contribution in [0.2, 0.25) is 0 Å². The van der Waals surface area contributed by atoms with Crippen molar-refractivity contribution in [2.45, 2.75) is 13.5 Å². The summed E-state index contributed by atoms with van der Waals surface area (Å²) in [5.41, 5.74) is 2.36. The highest BCUT2D eigenvalue weighted by Crippen LogP contribution is 2.20. The van der Waals surface area contributed by atoms with Gasteiger partial charge in [-0.15, -0.1) is 0 Å². The SMILES string of the molecule is Cc1cc2cc(C(=O)NCc3ccoc3)ccc2o1. The van der Waals surface area contributed by atoms with Gasteiger partial charge in [0.2, 0.25) is 0 Å². The molecule has 0 fully saturated rings. The largest absolute Gasteiger partial charge is 0.472 e. The van der Waals surface area contributed by atoms with Gasteiger partial charge in [0.05, 0.1) is 12.5 Å². The number of carbonyl (C=O) groups excluding carboxylic acids is 1. The number of furan rings is 2. The number of aryl methyl sites for hydroxylation is 1. The third-order valence-corrected chi connectivity index (χ3v) is 2.93. The lowest BCUT2D eigenvalue weighted by molar-refractivity contribution is 0.0951. The highest BCUT2D eigenvalue weighted by Gasteiger charge is 2.08. The average Bonchev–Trinajstić information content (AvgIpc) is 3.02. The first kappa shape index (κ1) is 11.6. The lowest BCUT2D eigenvalue weighted by Gasteiger charge is -2.03. The van der Waals surface area contributed by atoms with Crippen LogP contribution in [0.5, 0.6) is 0 Å². The summed E-state index contributed by atoms with van der Waals surface area (Å²) in [6.45, 7) is 2.34. The molecule has 2 aromatic heterocycles. The van der Waals surface area contributed by atoms with E-state index in [0.29, 0.717) is 12.1 Å². The molecule has 3 rings (SSSR count). The zero-order valence-corrected chi connectivity index (χ0v) is 10.5. The van der Waals surface area contributed by atoms with Gasteiger partial charge in [-0.25, -0.2) is 0 Å². The maximum atomic E-state index is 12.0. The fourth-order valence-electron chi connectivity index (χ4n) is 1.99. The van der Waals surface area contributed by atoms with Crippen molar-refractivity contribution in [2.24, 2.45) is 0 Å². The predicted octanol–water partition coefficient (Wildman–Crippen LogP) is 3.26. The Hall–Kier alpha value is -2.49. The molecule has 0 aliphatic heterocycles. The first-order valence-electron chi connectivity index (χ1n) is 6.02. The summed E-state index contributed by atoms with van der Waals surface area (Å²) in [4.78, 5) is 12.0. The first-order valence-corrected chi connectivity index (χ1v) is 6.02. The minimum atomic E-state index is -0.109. The molecule has 96 valence electrons. The molecule has 0 aliphatic carbocycles. The van der Waals surface area contributed by atoms with Gasteiger partial charge in [-0.05, 0) is 37.3 Å². The second kappa shape index (κ2) is 4.65. The van der Waals surface area contributed by atoms with Crippen molar-refractivity contribution in [3.8, 4) is 0 Å². The molecule has 19 heavy (non-hydrogen) atoms. The molecule has 0 aliphatic rings. The van der Waals surface area contributed by atoms with Crippen molar-refractivity contribution in [1.82, 2.24) is 5.32 Å². The Bertz CT molecular complexity index is 710. The molecular formula is C15H13NO3. The highest BCUT2D eigenvalue weighted by atomic mass is 16.3. The van der Waals surface area contributed by atoms with Gasteiger partial charge in [0.1, 0.15) is 11.3 Å². The minimum absolute atomic E-state index is 0.109. The number of fused-ring (bicyclic) bond motifs is 1. The van der Waals surface area contributed by atoms with Gasteiger partial charge < -0.3 is 14.2 Å². The van der Waals surface area contributed by atoms with Crippen molar-refractivity contribution in [3.63, 3.8) is 0 Å². The van der Waals surface area contributed by atoms with E-state index in [-0.39, 0.29) is 5.91 Å². The van der Waals surface area contributed by atoms with E-state index >= 15 is 0 Å². The quantitative estimate of drug-likeness (QED) is 0.781. The summed E-state index contributed by atoms with van der Waals surface area (Å²) in [7, 11) is 0. The van der Waals surface area contributed by atoms with Gasteiger partial charge in [0.15, 0.2) is 0 Å². The monoisotopic (exact) mass is 255 g/mol. The fourth-order valence-corrected chi connectivity index (χ4v) is 1.99. The summed E-state index contributed by atoms with van der Waals surface area (Å²) in [6, 6.07) is 9.15. The Balaban J connectivity index is 1.77. The van der Waals surface area contributed by atoms with Gasteiger partial charge in [-0.3, -0.25) is 4.79 Å². The Morgan fingerprint density at radius 1 is 1.26 bits per heavy atom. The molecule has 4 nitrogen and oxygen atoms in total. The second-order valence-corrected chi connectivity index (χ2v) is 4.42. The van der Waals surface area contributed by atoms with Crippen LogP contribution < -0.4 is 5.32 Å². The molecule has 0 radical (unpaired) electrons.